The summed E-state index contributed by atoms with van der Waals surface area (Å²) in [5.74, 6) is -0.923. The van der Waals surface area contributed by atoms with E-state index in [-0.39, 0.29) is 18.2 Å². The predicted octanol–water partition coefficient (Wildman–Crippen LogP) is 3.70. The van der Waals surface area contributed by atoms with Crippen molar-refractivity contribution < 1.29 is 17.6 Å². The molecule has 0 saturated carbocycles. The van der Waals surface area contributed by atoms with Crippen molar-refractivity contribution >= 4 is 27.3 Å². The second-order valence-electron chi connectivity index (χ2n) is 7.27. The molecule has 1 atom stereocenters. The average Bonchev–Trinajstić information content (AvgIpc) is 2.64. The molecule has 0 aliphatic carbocycles. The van der Waals surface area contributed by atoms with E-state index in [9.17, 15) is 17.6 Å². The van der Waals surface area contributed by atoms with Crippen molar-refractivity contribution in [1.82, 2.24) is 4.31 Å². The van der Waals surface area contributed by atoms with E-state index in [0.29, 0.717) is 12.1 Å². The number of amides is 1. The van der Waals surface area contributed by atoms with Gasteiger partial charge in [-0.1, -0.05) is 13.0 Å². The Labute approximate surface area is 172 Å². The van der Waals surface area contributed by atoms with Crippen molar-refractivity contribution in [2.45, 2.75) is 32.9 Å². The van der Waals surface area contributed by atoms with Crippen molar-refractivity contribution in [2.75, 3.05) is 30.6 Å². The summed E-state index contributed by atoms with van der Waals surface area (Å²) in [6.07, 6.45) is 1.88. The lowest BCUT2D eigenvalue weighted by atomic mass is 10.1. The number of nitrogens with one attached hydrogen (secondary N) is 1. The monoisotopic (exact) mass is 421 g/mol. The Morgan fingerprint density at radius 2 is 1.86 bits per heavy atom. The molecule has 0 heterocycles. The minimum atomic E-state index is -3.41. The predicted molar refractivity (Wildman–Crippen MR) is 115 cm³/mol. The molecule has 2 aromatic rings. The van der Waals surface area contributed by atoms with Gasteiger partial charge in [-0.15, -0.1) is 0 Å². The molecule has 0 aromatic heterocycles. The molecule has 0 spiro atoms. The summed E-state index contributed by atoms with van der Waals surface area (Å²) in [6, 6.07) is 10.6. The minimum Gasteiger partial charge on any atom is -0.377 e. The molecule has 0 unspecified atom stereocenters. The summed E-state index contributed by atoms with van der Waals surface area (Å²) in [7, 11) is 0.331. The number of halogens is 1. The van der Waals surface area contributed by atoms with Gasteiger partial charge in [-0.05, 0) is 55.3 Å². The normalized spacial score (nSPS) is 12.7. The molecule has 1 N–H and O–H groups in total. The summed E-state index contributed by atoms with van der Waals surface area (Å²) < 4.78 is 39.4. The Morgan fingerprint density at radius 3 is 2.41 bits per heavy atom. The molecule has 1 amide bonds. The van der Waals surface area contributed by atoms with Gasteiger partial charge < -0.3 is 10.2 Å². The molecule has 0 aliphatic rings. The Kier molecular flexibility index (Phi) is 7.37. The number of benzene rings is 2. The van der Waals surface area contributed by atoms with Crippen molar-refractivity contribution in [2.24, 2.45) is 0 Å². The first-order valence-electron chi connectivity index (χ1n) is 9.37. The van der Waals surface area contributed by atoms with Gasteiger partial charge in [-0.25, -0.2) is 12.8 Å². The molecule has 6 nitrogen and oxygen atoms in total. The molecule has 2 aromatic carbocycles. The molecule has 8 heteroatoms. The van der Waals surface area contributed by atoms with Crippen LogP contribution in [0.3, 0.4) is 0 Å². The Morgan fingerprint density at radius 1 is 1.17 bits per heavy atom. The smallest absolute Gasteiger partial charge is 0.255 e. The molecule has 2 rings (SSSR count). The lowest BCUT2D eigenvalue weighted by molar-refractivity contribution is 0.102. The molecular weight excluding hydrogens is 393 g/mol. The zero-order chi connectivity index (χ0) is 21.8. The van der Waals surface area contributed by atoms with E-state index < -0.39 is 21.7 Å². The van der Waals surface area contributed by atoms with Crippen LogP contribution in [-0.2, 0) is 16.6 Å². The minimum absolute atomic E-state index is 0.162. The van der Waals surface area contributed by atoms with E-state index in [0.717, 1.165) is 11.3 Å². The molecule has 158 valence electrons. The number of sulfonamides is 1. The van der Waals surface area contributed by atoms with E-state index in [2.05, 4.69) is 5.32 Å². The number of carbonyl (C=O) groups is 1. The highest BCUT2D eigenvalue weighted by atomic mass is 32.2. The Balaban J connectivity index is 2.37. The van der Waals surface area contributed by atoms with Crippen LogP contribution < -0.4 is 10.2 Å². The van der Waals surface area contributed by atoms with Gasteiger partial charge in [0.2, 0.25) is 10.0 Å². The summed E-state index contributed by atoms with van der Waals surface area (Å²) in [5, 5.41) is 2.76. The maximum Gasteiger partial charge on any atom is 0.255 e. The third kappa shape index (κ3) is 6.01. The van der Waals surface area contributed by atoms with E-state index in [1.807, 2.05) is 38.9 Å². The van der Waals surface area contributed by atoms with Gasteiger partial charge in [-0.2, -0.15) is 4.31 Å². The van der Waals surface area contributed by atoms with E-state index in [4.69, 9.17) is 0 Å². The highest BCUT2D eigenvalue weighted by Gasteiger charge is 2.24. The maximum absolute atomic E-state index is 13.4. The number of hydrogen-bond donors (Lipinski definition) is 1. The summed E-state index contributed by atoms with van der Waals surface area (Å²) in [6.45, 7) is 3.99. The fourth-order valence-electron chi connectivity index (χ4n) is 3.03. The van der Waals surface area contributed by atoms with Gasteiger partial charge in [0.25, 0.3) is 5.91 Å². The molecule has 0 radical (unpaired) electrons. The topological polar surface area (TPSA) is 69.7 Å². The van der Waals surface area contributed by atoms with E-state index in [1.165, 1.54) is 34.8 Å². The van der Waals surface area contributed by atoms with Crippen molar-refractivity contribution in [3.8, 4) is 0 Å². The standard InChI is InChI=1S/C21H28FN3O3S/c1-6-15(2)25(29(5,27)28)14-17-13-19(10-11-20(17)24(3)4)23-21(26)16-8-7-9-18(22)12-16/h7-13,15H,6,14H2,1-5H3,(H,23,26)/t15-/m1/s1. The second kappa shape index (κ2) is 9.37. The number of hydrogen-bond acceptors (Lipinski definition) is 4. The molecule has 0 saturated heterocycles. The van der Waals surface area contributed by atoms with Crippen LogP contribution in [0.15, 0.2) is 42.5 Å². The first-order chi connectivity index (χ1) is 13.5. The Hall–Kier alpha value is -2.45. The van der Waals surface area contributed by atoms with Gasteiger partial charge in [-0.3, -0.25) is 4.79 Å². The average molecular weight is 422 g/mol. The first kappa shape index (κ1) is 22.8. The molecule has 0 bridgehead atoms. The Bertz CT molecular complexity index is 977. The SMILES string of the molecule is CC[C@@H](C)N(Cc1cc(NC(=O)c2cccc(F)c2)ccc1N(C)C)S(C)(=O)=O. The molecular formula is C21H28FN3O3S. The van der Waals surface area contributed by atoms with Crippen LogP contribution in [0.2, 0.25) is 0 Å². The zero-order valence-electron chi connectivity index (χ0n) is 17.4. The quantitative estimate of drug-likeness (QED) is 0.706. The van der Waals surface area contributed by atoms with Crippen LogP contribution in [0.1, 0.15) is 36.2 Å². The third-order valence-corrected chi connectivity index (χ3v) is 6.08. The number of carbonyl (C=O) groups excluding carboxylic acids is 1. The fourth-order valence-corrected chi connectivity index (χ4v) is 4.21. The van der Waals surface area contributed by atoms with E-state index >= 15 is 0 Å². The van der Waals surface area contributed by atoms with Crippen LogP contribution in [0.5, 0.6) is 0 Å². The van der Waals surface area contributed by atoms with Crippen LogP contribution in [0.25, 0.3) is 0 Å². The van der Waals surface area contributed by atoms with Gasteiger partial charge in [0.1, 0.15) is 5.82 Å². The number of nitrogens with zero attached hydrogens (tertiary/aromatic N) is 2. The third-order valence-electron chi connectivity index (χ3n) is 4.74. The van der Waals surface area contributed by atoms with Crippen molar-refractivity contribution in [1.29, 1.82) is 0 Å². The molecule has 0 aliphatic heterocycles. The number of rotatable bonds is 8. The van der Waals surface area contributed by atoms with Crippen LogP contribution in [-0.4, -0.2) is 45.0 Å². The largest absolute Gasteiger partial charge is 0.377 e. The molecule has 0 fully saturated rings. The number of anilines is 2. The van der Waals surface area contributed by atoms with Crippen molar-refractivity contribution in [3.63, 3.8) is 0 Å². The summed E-state index contributed by atoms with van der Waals surface area (Å²) >= 11 is 0. The lowest BCUT2D eigenvalue weighted by Crippen LogP contribution is -2.37. The van der Waals surface area contributed by atoms with Gasteiger partial charge in [0.15, 0.2) is 0 Å². The van der Waals surface area contributed by atoms with Gasteiger partial charge in [0.05, 0.1) is 6.26 Å². The highest BCUT2D eigenvalue weighted by Crippen LogP contribution is 2.27. The maximum atomic E-state index is 13.4. The van der Waals surface area contributed by atoms with Crippen LogP contribution in [0, 0.1) is 5.82 Å². The molecule has 29 heavy (non-hydrogen) atoms. The van der Waals surface area contributed by atoms with Crippen molar-refractivity contribution in [3.05, 3.63) is 59.4 Å². The van der Waals surface area contributed by atoms with Crippen LogP contribution >= 0.6 is 0 Å². The van der Waals surface area contributed by atoms with E-state index in [1.54, 1.807) is 12.1 Å². The second-order valence-corrected chi connectivity index (χ2v) is 9.20. The summed E-state index contributed by atoms with van der Waals surface area (Å²) in [5.41, 5.74) is 2.33. The lowest BCUT2D eigenvalue weighted by Gasteiger charge is -2.28. The summed E-state index contributed by atoms with van der Waals surface area (Å²) in [4.78, 5) is 14.3. The zero-order valence-corrected chi connectivity index (χ0v) is 18.3. The highest BCUT2D eigenvalue weighted by molar-refractivity contribution is 7.88. The van der Waals surface area contributed by atoms with Crippen LogP contribution in [0.4, 0.5) is 15.8 Å². The van der Waals surface area contributed by atoms with Gasteiger partial charge >= 0.3 is 0 Å². The fraction of sp³-hybridized carbons (Fsp3) is 0.381. The first-order valence-corrected chi connectivity index (χ1v) is 11.2. The van der Waals surface area contributed by atoms with Gasteiger partial charge in [0, 0.05) is 43.6 Å².